The number of fused-ring (bicyclic) bond motifs is 3. The lowest BCUT2D eigenvalue weighted by Gasteiger charge is -2.40. The Labute approximate surface area is 274 Å². The first-order valence-corrected chi connectivity index (χ1v) is 17.7. The van der Waals surface area contributed by atoms with E-state index in [1.165, 1.54) is 66.8 Å². The van der Waals surface area contributed by atoms with E-state index < -0.39 is 0 Å². The van der Waals surface area contributed by atoms with Gasteiger partial charge in [-0.3, -0.25) is 0 Å². The molecule has 0 heterocycles. The zero-order valence-corrected chi connectivity index (χ0v) is 30.0. The summed E-state index contributed by atoms with van der Waals surface area (Å²) < 4.78 is 2.24. The van der Waals surface area contributed by atoms with Crippen LogP contribution in [0.3, 0.4) is 0 Å². The van der Waals surface area contributed by atoms with Crippen LogP contribution in [0.15, 0.2) is 72.8 Å². The van der Waals surface area contributed by atoms with Crippen molar-refractivity contribution in [1.29, 1.82) is 0 Å². The molecule has 2 nitrogen and oxygen atoms in total. The van der Waals surface area contributed by atoms with Crippen molar-refractivity contribution in [2.75, 3.05) is 39.3 Å². The van der Waals surface area contributed by atoms with Crippen molar-refractivity contribution < 1.29 is 8.97 Å². The van der Waals surface area contributed by atoms with Crippen molar-refractivity contribution in [3.05, 3.63) is 128 Å². The highest BCUT2D eigenvalue weighted by Gasteiger charge is 2.47. The maximum Gasteiger partial charge on any atom is 0.105 e. The van der Waals surface area contributed by atoms with Crippen LogP contribution in [-0.4, -0.2) is 48.2 Å². The van der Waals surface area contributed by atoms with Crippen LogP contribution in [-0.2, 0) is 18.5 Å². The number of hydrogen-bond donors (Lipinski definition) is 0. The van der Waals surface area contributed by atoms with Crippen LogP contribution in [0.1, 0.15) is 97.2 Å². The summed E-state index contributed by atoms with van der Waals surface area (Å²) in [5.41, 5.74) is 16.4. The second kappa shape index (κ2) is 12.9. The van der Waals surface area contributed by atoms with E-state index in [1.54, 1.807) is 0 Å². The van der Waals surface area contributed by atoms with E-state index >= 15 is 0 Å². The Morgan fingerprint density at radius 3 is 1.36 bits per heavy atom. The van der Waals surface area contributed by atoms with Gasteiger partial charge in [-0.25, -0.2) is 0 Å². The predicted molar refractivity (Wildman–Crippen MR) is 194 cm³/mol. The van der Waals surface area contributed by atoms with Gasteiger partial charge in [0.15, 0.2) is 0 Å². The molecule has 0 atom stereocenters. The first-order chi connectivity index (χ1) is 21.6. The molecule has 0 radical (unpaired) electrons. The van der Waals surface area contributed by atoms with Gasteiger partial charge in [-0.2, -0.15) is 0 Å². The lowest BCUT2D eigenvalue weighted by Crippen LogP contribution is -2.48. The molecule has 5 rings (SSSR count). The Kier molecular flexibility index (Phi) is 9.50. The molecule has 1 aliphatic rings. The van der Waals surface area contributed by atoms with Gasteiger partial charge in [0.2, 0.25) is 0 Å². The van der Waals surface area contributed by atoms with E-state index in [4.69, 9.17) is 0 Å². The fourth-order valence-electron chi connectivity index (χ4n) is 8.21. The predicted octanol–water partition coefficient (Wildman–Crippen LogP) is 10.0. The highest BCUT2D eigenvalue weighted by atomic mass is 15.4. The molecule has 0 aliphatic heterocycles. The Morgan fingerprint density at radius 2 is 0.889 bits per heavy atom. The summed E-state index contributed by atoms with van der Waals surface area (Å²) in [4.78, 5) is 0. The van der Waals surface area contributed by atoms with Gasteiger partial charge in [0.1, 0.15) is 13.1 Å². The van der Waals surface area contributed by atoms with Crippen molar-refractivity contribution in [3.8, 4) is 11.1 Å². The molecule has 0 spiro atoms. The van der Waals surface area contributed by atoms with Gasteiger partial charge in [0.05, 0.1) is 44.7 Å². The molecule has 45 heavy (non-hydrogen) atoms. The SMILES string of the molecule is CC[N+](CC)(CC)Cc1ccc(C2(c3ccc(C)c(C)c3)c3cc(C)ccc3-c3ccc(C)cc32)cc1C[N+](CC)(CC)CC. The van der Waals surface area contributed by atoms with Crippen molar-refractivity contribution in [2.45, 2.75) is 87.7 Å². The van der Waals surface area contributed by atoms with Crippen LogP contribution in [0.5, 0.6) is 0 Å². The van der Waals surface area contributed by atoms with Crippen molar-refractivity contribution in [2.24, 2.45) is 0 Å². The number of hydrogen-bond acceptors (Lipinski definition) is 0. The van der Waals surface area contributed by atoms with Crippen LogP contribution in [0, 0.1) is 27.7 Å². The quantitative estimate of drug-likeness (QED) is 0.125. The summed E-state index contributed by atoms with van der Waals surface area (Å²) in [5, 5.41) is 0. The molecular weight excluding hydrogens is 544 g/mol. The molecular formula is C43H58N2+2. The molecule has 4 aromatic carbocycles. The summed E-state index contributed by atoms with van der Waals surface area (Å²) in [6.07, 6.45) is 0. The molecule has 2 heteroatoms. The van der Waals surface area contributed by atoms with Gasteiger partial charge in [-0.1, -0.05) is 77.9 Å². The normalized spacial score (nSPS) is 14.0. The van der Waals surface area contributed by atoms with E-state index in [0.29, 0.717) is 0 Å². The Bertz CT molecular complexity index is 1600. The van der Waals surface area contributed by atoms with Crippen molar-refractivity contribution in [3.63, 3.8) is 0 Å². The Balaban J connectivity index is 1.88. The highest BCUT2D eigenvalue weighted by Crippen LogP contribution is 2.57. The second-order valence-corrected chi connectivity index (χ2v) is 14.0. The molecule has 238 valence electrons. The number of aryl methyl sites for hydroxylation is 4. The topological polar surface area (TPSA) is 0 Å². The molecule has 1 aliphatic carbocycles. The lowest BCUT2D eigenvalue weighted by atomic mass is 9.66. The zero-order chi connectivity index (χ0) is 32.6. The van der Waals surface area contributed by atoms with Crippen LogP contribution in [0.2, 0.25) is 0 Å². The summed E-state index contributed by atoms with van der Waals surface area (Å²) >= 11 is 0. The van der Waals surface area contributed by atoms with Gasteiger partial charge in [0, 0.05) is 11.1 Å². The Hall–Kier alpha value is -3.20. The summed E-state index contributed by atoms with van der Waals surface area (Å²) in [5.74, 6) is 0. The summed E-state index contributed by atoms with van der Waals surface area (Å²) in [6.45, 7) is 32.4. The minimum atomic E-state index is -0.374. The van der Waals surface area contributed by atoms with E-state index in [-0.39, 0.29) is 5.41 Å². The smallest absolute Gasteiger partial charge is 0.105 e. The molecule has 0 saturated heterocycles. The van der Waals surface area contributed by atoms with Crippen LogP contribution in [0.4, 0.5) is 0 Å². The average Bonchev–Trinajstić information content (AvgIpc) is 3.33. The van der Waals surface area contributed by atoms with Gasteiger partial charge >= 0.3 is 0 Å². The summed E-state index contributed by atoms with van der Waals surface area (Å²) in [6, 6.07) is 29.2. The van der Waals surface area contributed by atoms with E-state index in [0.717, 1.165) is 61.3 Å². The van der Waals surface area contributed by atoms with Gasteiger partial charge < -0.3 is 8.97 Å². The molecule has 0 saturated carbocycles. The van der Waals surface area contributed by atoms with Gasteiger partial charge in [-0.05, 0) is 120 Å². The number of rotatable bonds is 12. The standard InChI is InChI=1S/C43H58N2/c1-11-44(12-2,13-3)29-35-20-22-38(28-36(35)30-45(14-4,15-5)16-6)43(37-21-19-33(9)34(10)27-37)41-25-31(7)17-23-39(41)40-24-18-32(8)26-42(40)43/h17-28H,11-16,29-30H2,1-10H3/q+2. The monoisotopic (exact) mass is 602 g/mol. The van der Waals surface area contributed by atoms with Crippen LogP contribution >= 0.6 is 0 Å². The fourth-order valence-corrected chi connectivity index (χ4v) is 8.21. The number of quaternary nitrogens is 2. The zero-order valence-electron chi connectivity index (χ0n) is 30.0. The minimum absolute atomic E-state index is 0.374. The Morgan fingerprint density at radius 1 is 0.444 bits per heavy atom. The second-order valence-electron chi connectivity index (χ2n) is 14.0. The molecule has 0 aromatic heterocycles. The molecule has 0 unspecified atom stereocenters. The first kappa shape index (κ1) is 33.2. The van der Waals surface area contributed by atoms with Crippen molar-refractivity contribution in [1.82, 2.24) is 0 Å². The number of nitrogens with zero attached hydrogens (tertiary/aromatic N) is 2. The van der Waals surface area contributed by atoms with Gasteiger partial charge in [0.25, 0.3) is 0 Å². The van der Waals surface area contributed by atoms with Gasteiger partial charge in [-0.15, -0.1) is 0 Å². The van der Waals surface area contributed by atoms with E-state index in [9.17, 15) is 0 Å². The molecule has 0 amide bonds. The van der Waals surface area contributed by atoms with Crippen molar-refractivity contribution >= 4 is 0 Å². The molecule has 4 aromatic rings. The third kappa shape index (κ3) is 5.59. The largest absolute Gasteiger partial charge is 0.321 e. The highest BCUT2D eigenvalue weighted by molar-refractivity contribution is 5.87. The first-order valence-electron chi connectivity index (χ1n) is 17.7. The minimum Gasteiger partial charge on any atom is -0.321 e. The molecule has 0 bridgehead atoms. The molecule has 0 N–H and O–H groups in total. The van der Waals surface area contributed by atoms with Crippen LogP contribution < -0.4 is 0 Å². The maximum atomic E-state index is 2.65. The lowest BCUT2D eigenvalue weighted by molar-refractivity contribution is -0.939. The third-order valence-corrected chi connectivity index (χ3v) is 12.1. The van der Waals surface area contributed by atoms with E-state index in [1.807, 2.05) is 0 Å². The summed E-state index contributed by atoms with van der Waals surface area (Å²) in [7, 11) is 0. The maximum absolute atomic E-state index is 2.65. The molecule has 0 fully saturated rings. The third-order valence-electron chi connectivity index (χ3n) is 12.1. The van der Waals surface area contributed by atoms with E-state index in [2.05, 4.69) is 142 Å². The average molecular weight is 603 g/mol. The van der Waals surface area contributed by atoms with Crippen LogP contribution in [0.25, 0.3) is 11.1 Å². The number of benzene rings is 4. The fraction of sp³-hybridized carbons (Fsp3) is 0.442.